The molecule has 2 aromatic carbocycles. The van der Waals surface area contributed by atoms with E-state index in [1.807, 2.05) is 0 Å². The van der Waals surface area contributed by atoms with E-state index in [0.29, 0.717) is 33.9 Å². The summed E-state index contributed by atoms with van der Waals surface area (Å²) in [6.07, 6.45) is 1.33. The van der Waals surface area contributed by atoms with Crippen LogP contribution in [-0.2, 0) is 19.1 Å². The zero-order valence-corrected chi connectivity index (χ0v) is 19.8. The van der Waals surface area contributed by atoms with Gasteiger partial charge in [0.05, 0.1) is 52.7 Å². The van der Waals surface area contributed by atoms with E-state index in [1.165, 1.54) is 27.4 Å². The predicted octanol–water partition coefficient (Wildman–Crippen LogP) is 2.15. The van der Waals surface area contributed by atoms with E-state index in [0.717, 1.165) is 12.0 Å². The van der Waals surface area contributed by atoms with Crippen LogP contribution in [0.2, 0.25) is 0 Å². The van der Waals surface area contributed by atoms with Crippen LogP contribution in [0.4, 0.5) is 0 Å². The van der Waals surface area contributed by atoms with Crippen LogP contribution < -0.4 is 14.2 Å². The van der Waals surface area contributed by atoms with Crippen molar-refractivity contribution in [3.63, 3.8) is 0 Å². The number of nitrogens with zero attached hydrogens (tertiary/aromatic N) is 1. The van der Waals surface area contributed by atoms with Crippen molar-refractivity contribution in [2.24, 2.45) is 0 Å². The molecular weight excluding hydrogens is 458 g/mol. The standard InChI is InChI=1S/C25H25NO9/c1-31-20-12-15(13-21(32-2)22(20)33-3)11-18(25(30)34-4)19(27)14-35-10-9-26-23(28)16-7-5-6-8-17(16)24(26)29/h5-8,11-13H,9-10,14H2,1-4H3/b18-11-. The Balaban J connectivity index is 1.69. The number of esters is 1. The lowest BCUT2D eigenvalue weighted by molar-refractivity contribution is -0.138. The summed E-state index contributed by atoms with van der Waals surface area (Å²) in [5, 5.41) is 0. The lowest BCUT2D eigenvalue weighted by Gasteiger charge is -2.14. The molecule has 0 aromatic heterocycles. The number of carbonyl (C=O) groups excluding carboxylic acids is 4. The number of fused-ring (bicyclic) bond motifs is 1. The summed E-state index contributed by atoms with van der Waals surface area (Å²) in [7, 11) is 5.50. The summed E-state index contributed by atoms with van der Waals surface area (Å²) < 4.78 is 26.0. The predicted molar refractivity (Wildman–Crippen MR) is 124 cm³/mol. The fraction of sp³-hybridized carbons (Fsp3) is 0.280. The van der Waals surface area contributed by atoms with Crippen molar-refractivity contribution in [2.75, 3.05) is 48.2 Å². The second-order valence-corrected chi connectivity index (χ2v) is 7.29. The number of ketones is 1. The molecule has 2 aromatic rings. The molecule has 2 amide bonds. The summed E-state index contributed by atoms with van der Waals surface area (Å²) in [5.74, 6) is -1.30. The van der Waals surface area contributed by atoms with Gasteiger partial charge in [0.15, 0.2) is 17.3 Å². The van der Waals surface area contributed by atoms with E-state index in [9.17, 15) is 19.2 Å². The van der Waals surface area contributed by atoms with Crippen LogP contribution in [-0.4, -0.2) is 76.7 Å². The second-order valence-electron chi connectivity index (χ2n) is 7.29. The molecule has 0 spiro atoms. The lowest BCUT2D eigenvalue weighted by atomic mass is 10.1. The number of Topliss-reactive ketones (excluding diaryl/α,β-unsaturated/α-hetero) is 1. The molecule has 3 rings (SSSR count). The molecule has 0 N–H and O–H groups in total. The molecule has 0 unspecified atom stereocenters. The first-order valence-corrected chi connectivity index (χ1v) is 10.5. The molecule has 1 aliphatic rings. The van der Waals surface area contributed by atoms with Gasteiger partial charge in [-0.05, 0) is 35.9 Å². The highest BCUT2D eigenvalue weighted by Gasteiger charge is 2.34. The van der Waals surface area contributed by atoms with Crippen LogP contribution >= 0.6 is 0 Å². The van der Waals surface area contributed by atoms with Crippen LogP contribution in [0.1, 0.15) is 26.3 Å². The van der Waals surface area contributed by atoms with Gasteiger partial charge in [-0.2, -0.15) is 0 Å². The lowest BCUT2D eigenvalue weighted by Crippen LogP contribution is -2.33. The molecule has 0 atom stereocenters. The fourth-order valence-electron chi connectivity index (χ4n) is 3.56. The Hall–Kier alpha value is -4.18. The van der Waals surface area contributed by atoms with E-state index >= 15 is 0 Å². The first-order chi connectivity index (χ1) is 16.9. The molecule has 10 heteroatoms. The molecule has 184 valence electrons. The van der Waals surface area contributed by atoms with Crippen molar-refractivity contribution >= 4 is 29.6 Å². The quantitative estimate of drug-likeness (QED) is 0.118. The van der Waals surface area contributed by atoms with Gasteiger partial charge in [-0.15, -0.1) is 0 Å². The Labute approximate surface area is 202 Å². The Kier molecular flexibility index (Phi) is 8.21. The molecular formula is C25H25NO9. The van der Waals surface area contributed by atoms with Gasteiger partial charge < -0.3 is 23.7 Å². The highest BCUT2D eigenvalue weighted by atomic mass is 16.5. The van der Waals surface area contributed by atoms with Gasteiger partial charge in [-0.3, -0.25) is 19.3 Å². The molecule has 1 aliphatic heterocycles. The van der Waals surface area contributed by atoms with Crippen molar-refractivity contribution < 1.29 is 42.9 Å². The number of imide groups is 1. The number of methoxy groups -OCH3 is 4. The van der Waals surface area contributed by atoms with E-state index in [-0.39, 0.29) is 18.7 Å². The number of carbonyl (C=O) groups is 4. The van der Waals surface area contributed by atoms with Gasteiger partial charge in [0.2, 0.25) is 5.75 Å². The molecule has 0 saturated heterocycles. The Morgan fingerprint density at radius 3 is 1.94 bits per heavy atom. The summed E-state index contributed by atoms with van der Waals surface area (Å²) in [6, 6.07) is 9.66. The van der Waals surface area contributed by atoms with E-state index in [1.54, 1.807) is 36.4 Å². The average molecular weight is 483 g/mol. The highest BCUT2D eigenvalue weighted by molar-refractivity contribution is 6.22. The van der Waals surface area contributed by atoms with Crippen LogP contribution in [0, 0.1) is 0 Å². The molecule has 0 bridgehead atoms. The fourth-order valence-corrected chi connectivity index (χ4v) is 3.56. The number of rotatable bonds is 11. The number of hydrogen-bond acceptors (Lipinski definition) is 9. The van der Waals surface area contributed by atoms with Crippen LogP contribution in [0.5, 0.6) is 17.2 Å². The molecule has 10 nitrogen and oxygen atoms in total. The smallest absolute Gasteiger partial charge is 0.341 e. The maximum Gasteiger partial charge on any atom is 0.341 e. The highest BCUT2D eigenvalue weighted by Crippen LogP contribution is 2.38. The van der Waals surface area contributed by atoms with Gasteiger partial charge in [0.25, 0.3) is 11.8 Å². The third-order valence-corrected chi connectivity index (χ3v) is 5.27. The van der Waals surface area contributed by atoms with E-state index in [2.05, 4.69) is 0 Å². The first kappa shape index (κ1) is 25.4. The van der Waals surface area contributed by atoms with Crippen molar-refractivity contribution in [2.45, 2.75) is 0 Å². The largest absolute Gasteiger partial charge is 0.493 e. The minimum absolute atomic E-state index is 0.0379. The number of hydrogen-bond donors (Lipinski definition) is 0. The van der Waals surface area contributed by atoms with Gasteiger partial charge in [0, 0.05) is 0 Å². The minimum atomic E-state index is -0.854. The summed E-state index contributed by atoms with van der Waals surface area (Å²) in [5.41, 5.74) is 0.825. The van der Waals surface area contributed by atoms with Gasteiger partial charge in [-0.25, -0.2) is 4.79 Å². The number of benzene rings is 2. The summed E-state index contributed by atoms with van der Waals surface area (Å²) in [6.45, 7) is -0.589. The normalized spacial score (nSPS) is 12.9. The SMILES string of the molecule is COC(=O)/C(=C\c1cc(OC)c(OC)c(OC)c1)C(=O)COCCN1C(=O)c2ccccc2C1=O. The molecule has 35 heavy (non-hydrogen) atoms. The van der Waals surface area contributed by atoms with Crippen molar-refractivity contribution in [1.29, 1.82) is 0 Å². The van der Waals surface area contributed by atoms with Crippen LogP contribution in [0.25, 0.3) is 6.08 Å². The van der Waals surface area contributed by atoms with Gasteiger partial charge >= 0.3 is 5.97 Å². The Morgan fingerprint density at radius 2 is 1.46 bits per heavy atom. The third-order valence-electron chi connectivity index (χ3n) is 5.27. The average Bonchev–Trinajstić information content (AvgIpc) is 3.13. The second kappa shape index (κ2) is 11.3. The van der Waals surface area contributed by atoms with E-state index < -0.39 is 30.2 Å². The zero-order chi connectivity index (χ0) is 25.5. The third kappa shape index (κ3) is 5.33. The molecule has 1 heterocycles. The Morgan fingerprint density at radius 1 is 0.886 bits per heavy atom. The van der Waals surface area contributed by atoms with E-state index in [4.69, 9.17) is 23.7 Å². The molecule has 0 fully saturated rings. The van der Waals surface area contributed by atoms with Crippen LogP contribution in [0.15, 0.2) is 42.0 Å². The first-order valence-electron chi connectivity index (χ1n) is 10.5. The molecule has 0 radical (unpaired) electrons. The number of ether oxygens (including phenoxy) is 5. The maximum atomic E-state index is 12.8. The molecule has 0 saturated carbocycles. The van der Waals surface area contributed by atoms with Crippen molar-refractivity contribution in [3.05, 3.63) is 58.7 Å². The van der Waals surface area contributed by atoms with Gasteiger partial charge in [0.1, 0.15) is 12.2 Å². The topological polar surface area (TPSA) is 118 Å². The Bertz CT molecular complexity index is 1130. The van der Waals surface area contributed by atoms with Crippen LogP contribution in [0.3, 0.4) is 0 Å². The van der Waals surface area contributed by atoms with Gasteiger partial charge in [-0.1, -0.05) is 12.1 Å². The summed E-state index contributed by atoms with van der Waals surface area (Å²) >= 11 is 0. The maximum absolute atomic E-state index is 12.8. The minimum Gasteiger partial charge on any atom is -0.493 e. The zero-order valence-electron chi connectivity index (χ0n) is 19.8. The van der Waals surface area contributed by atoms with Crippen molar-refractivity contribution in [1.82, 2.24) is 4.90 Å². The monoisotopic (exact) mass is 483 g/mol. The molecule has 0 aliphatic carbocycles. The summed E-state index contributed by atoms with van der Waals surface area (Å²) in [4.78, 5) is 50.9. The van der Waals surface area contributed by atoms with Crippen molar-refractivity contribution in [3.8, 4) is 17.2 Å². The number of amides is 2.